The minimum absolute atomic E-state index is 0.152. The van der Waals surface area contributed by atoms with Crippen LogP contribution in [0.1, 0.15) is 6.92 Å². The monoisotopic (exact) mass is 341 g/mol. The Labute approximate surface area is 137 Å². The minimum Gasteiger partial charge on any atom is -0.378 e. The summed E-state index contributed by atoms with van der Waals surface area (Å²) in [5.41, 5.74) is 1.04. The first-order valence-electron chi connectivity index (χ1n) is 7.98. The lowest BCUT2D eigenvalue weighted by Crippen LogP contribution is -2.49. The number of anilines is 2. The second-order valence-electron chi connectivity index (χ2n) is 5.66. The molecule has 2 aliphatic rings. The highest BCUT2D eigenvalue weighted by Crippen LogP contribution is 2.21. The SMILES string of the molecule is CCS(=O)(=O)N1CCN(c2cc(N3CCOCC3)cnn2)CC1. The van der Waals surface area contributed by atoms with Gasteiger partial charge in [-0.05, 0) is 6.92 Å². The van der Waals surface area contributed by atoms with Crippen molar-refractivity contribution < 1.29 is 13.2 Å². The van der Waals surface area contributed by atoms with Gasteiger partial charge in [0.2, 0.25) is 10.0 Å². The standard InChI is InChI=1S/C14H23N5O3S/c1-2-23(20,21)19-5-3-18(4-6-19)14-11-13(12-15-16-14)17-7-9-22-10-8-17/h11-12H,2-10H2,1H3. The van der Waals surface area contributed by atoms with Crippen molar-refractivity contribution in [2.45, 2.75) is 6.92 Å². The summed E-state index contributed by atoms with van der Waals surface area (Å²) in [6, 6.07) is 2.03. The van der Waals surface area contributed by atoms with E-state index in [0.29, 0.717) is 26.2 Å². The lowest BCUT2D eigenvalue weighted by atomic mass is 10.3. The van der Waals surface area contributed by atoms with Gasteiger partial charge in [-0.3, -0.25) is 0 Å². The zero-order valence-electron chi connectivity index (χ0n) is 13.4. The average Bonchev–Trinajstić information content (AvgIpc) is 2.63. The molecule has 0 aromatic carbocycles. The maximum absolute atomic E-state index is 11.9. The van der Waals surface area contributed by atoms with Gasteiger partial charge in [0.25, 0.3) is 0 Å². The van der Waals surface area contributed by atoms with Gasteiger partial charge in [-0.1, -0.05) is 0 Å². The number of ether oxygens (including phenoxy) is 1. The molecule has 1 aromatic heterocycles. The minimum atomic E-state index is -3.10. The van der Waals surface area contributed by atoms with Crippen molar-refractivity contribution in [2.24, 2.45) is 0 Å². The molecule has 0 aliphatic carbocycles. The Morgan fingerprint density at radius 1 is 1.09 bits per heavy atom. The summed E-state index contributed by atoms with van der Waals surface area (Å²) in [5.74, 6) is 0.960. The fourth-order valence-corrected chi connectivity index (χ4v) is 3.96. The Hall–Kier alpha value is -1.45. The Bertz CT molecular complexity index is 625. The van der Waals surface area contributed by atoms with E-state index in [1.165, 1.54) is 0 Å². The quantitative estimate of drug-likeness (QED) is 0.749. The smallest absolute Gasteiger partial charge is 0.213 e. The van der Waals surface area contributed by atoms with Crippen LogP contribution < -0.4 is 9.80 Å². The van der Waals surface area contributed by atoms with Crippen LogP contribution >= 0.6 is 0 Å². The van der Waals surface area contributed by atoms with Crippen LogP contribution in [-0.4, -0.2) is 81.2 Å². The summed E-state index contributed by atoms with van der Waals surface area (Å²) >= 11 is 0. The Balaban J connectivity index is 1.66. The molecule has 0 atom stereocenters. The highest BCUT2D eigenvalue weighted by atomic mass is 32.2. The molecule has 0 N–H and O–H groups in total. The number of hydrogen-bond donors (Lipinski definition) is 0. The van der Waals surface area contributed by atoms with Crippen LogP contribution in [-0.2, 0) is 14.8 Å². The lowest BCUT2D eigenvalue weighted by molar-refractivity contribution is 0.122. The van der Waals surface area contributed by atoms with Crippen molar-refractivity contribution in [2.75, 3.05) is 68.0 Å². The van der Waals surface area contributed by atoms with E-state index < -0.39 is 10.0 Å². The number of piperazine rings is 1. The number of morpholine rings is 1. The van der Waals surface area contributed by atoms with Crippen molar-refractivity contribution in [3.63, 3.8) is 0 Å². The van der Waals surface area contributed by atoms with Crippen LogP contribution in [0.25, 0.3) is 0 Å². The number of hydrogen-bond acceptors (Lipinski definition) is 7. The van der Waals surface area contributed by atoms with Gasteiger partial charge in [-0.15, -0.1) is 5.10 Å². The summed E-state index contributed by atoms with van der Waals surface area (Å²) in [4.78, 5) is 4.33. The van der Waals surface area contributed by atoms with E-state index in [1.54, 1.807) is 17.4 Å². The molecule has 0 spiro atoms. The molecule has 3 rings (SSSR count). The predicted octanol–water partition coefficient (Wildman–Crippen LogP) is -0.215. The first-order chi connectivity index (χ1) is 11.1. The molecule has 3 heterocycles. The molecule has 2 fully saturated rings. The zero-order valence-corrected chi connectivity index (χ0v) is 14.2. The summed E-state index contributed by atoms with van der Waals surface area (Å²) in [5, 5.41) is 8.33. The third kappa shape index (κ3) is 3.73. The second-order valence-corrected chi connectivity index (χ2v) is 7.92. The highest BCUT2D eigenvalue weighted by Gasteiger charge is 2.26. The molecule has 0 saturated carbocycles. The van der Waals surface area contributed by atoms with Crippen LogP contribution in [0.5, 0.6) is 0 Å². The van der Waals surface area contributed by atoms with Crippen LogP contribution in [0.15, 0.2) is 12.3 Å². The Morgan fingerprint density at radius 2 is 1.78 bits per heavy atom. The number of sulfonamides is 1. The molecule has 0 amide bonds. The molecule has 0 bridgehead atoms. The first-order valence-corrected chi connectivity index (χ1v) is 9.59. The van der Waals surface area contributed by atoms with Crippen molar-refractivity contribution >= 4 is 21.5 Å². The number of aromatic nitrogens is 2. The van der Waals surface area contributed by atoms with Gasteiger partial charge in [0.15, 0.2) is 5.82 Å². The van der Waals surface area contributed by atoms with E-state index in [-0.39, 0.29) is 5.75 Å². The molecule has 8 nitrogen and oxygen atoms in total. The topological polar surface area (TPSA) is 78.9 Å². The van der Waals surface area contributed by atoms with E-state index >= 15 is 0 Å². The van der Waals surface area contributed by atoms with Crippen molar-refractivity contribution in [3.8, 4) is 0 Å². The van der Waals surface area contributed by atoms with Gasteiger partial charge in [-0.2, -0.15) is 9.40 Å². The molecule has 0 unspecified atom stereocenters. The summed E-state index contributed by atoms with van der Waals surface area (Å²) in [7, 11) is -3.10. The number of nitrogens with zero attached hydrogens (tertiary/aromatic N) is 5. The van der Waals surface area contributed by atoms with Crippen LogP contribution in [0.3, 0.4) is 0 Å². The van der Waals surface area contributed by atoms with Crippen molar-refractivity contribution in [1.29, 1.82) is 0 Å². The predicted molar refractivity (Wildman–Crippen MR) is 88.3 cm³/mol. The Morgan fingerprint density at radius 3 is 2.43 bits per heavy atom. The van der Waals surface area contributed by atoms with Gasteiger partial charge < -0.3 is 14.5 Å². The van der Waals surface area contributed by atoms with Gasteiger partial charge >= 0.3 is 0 Å². The molecule has 9 heteroatoms. The lowest BCUT2D eigenvalue weighted by Gasteiger charge is -2.35. The zero-order chi connectivity index (χ0) is 16.3. The van der Waals surface area contributed by atoms with E-state index in [4.69, 9.17) is 4.74 Å². The van der Waals surface area contributed by atoms with Crippen LogP contribution in [0, 0.1) is 0 Å². The van der Waals surface area contributed by atoms with Gasteiger partial charge in [-0.25, -0.2) is 8.42 Å². The molecule has 128 valence electrons. The molecule has 1 aromatic rings. The molecule has 0 radical (unpaired) electrons. The normalized spacial score (nSPS) is 20.7. The second kappa shape index (κ2) is 6.98. The fraction of sp³-hybridized carbons (Fsp3) is 0.714. The largest absolute Gasteiger partial charge is 0.378 e. The van der Waals surface area contributed by atoms with E-state index in [9.17, 15) is 8.42 Å². The first kappa shape index (κ1) is 16.4. The third-order valence-electron chi connectivity index (χ3n) is 4.32. The summed E-state index contributed by atoms with van der Waals surface area (Å²) < 4.78 is 30.8. The maximum atomic E-state index is 11.9. The maximum Gasteiger partial charge on any atom is 0.213 e. The Kier molecular flexibility index (Phi) is 4.98. The molecule has 2 aliphatic heterocycles. The van der Waals surface area contributed by atoms with Crippen molar-refractivity contribution in [3.05, 3.63) is 12.3 Å². The van der Waals surface area contributed by atoms with Gasteiger partial charge in [0.1, 0.15) is 0 Å². The van der Waals surface area contributed by atoms with Crippen LogP contribution in [0.4, 0.5) is 11.5 Å². The third-order valence-corrected chi connectivity index (χ3v) is 6.21. The van der Waals surface area contributed by atoms with E-state index in [2.05, 4.69) is 20.0 Å². The average molecular weight is 341 g/mol. The van der Waals surface area contributed by atoms with E-state index in [0.717, 1.165) is 37.8 Å². The van der Waals surface area contributed by atoms with Crippen molar-refractivity contribution in [1.82, 2.24) is 14.5 Å². The van der Waals surface area contributed by atoms with Gasteiger partial charge in [0, 0.05) is 45.3 Å². The molecular formula is C14H23N5O3S. The summed E-state index contributed by atoms with van der Waals surface area (Å²) in [6.07, 6.45) is 1.77. The molecule has 2 saturated heterocycles. The molecular weight excluding hydrogens is 318 g/mol. The fourth-order valence-electron chi connectivity index (χ4n) is 2.87. The van der Waals surface area contributed by atoms with Gasteiger partial charge in [0.05, 0.1) is 30.9 Å². The van der Waals surface area contributed by atoms with E-state index in [1.807, 2.05) is 6.07 Å². The van der Waals surface area contributed by atoms with Crippen LogP contribution in [0.2, 0.25) is 0 Å². The summed E-state index contributed by atoms with van der Waals surface area (Å²) in [6.45, 7) is 7.12. The molecule has 23 heavy (non-hydrogen) atoms. The highest BCUT2D eigenvalue weighted by molar-refractivity contribution is 7.89. The number of rotatable bonds is 4.